The van der Waals surface area contributed by atoms with Crippen LogP contribution in [0.2, 0.25) is 10.0 Å². The van der Waals surface area contributed by atoms with Gasteiger partial charge in [-0.05, 0) is 55.3 Å². The number of carbonyl (C=O) groups is 2. The molecule has 0 radical (unpaired) electrons. The summed E-state index contributed by atoms with van der Waals surface area (Å²) in [6.45, 7) is 0.0811. The van der Waals surface area contributed by atoms with Crippen molar-refractivity contribution < 1.29 is 9.59 Å². The number of nitrogens with one attached hydrogen (secondary N) is 3. The van der Waals surface area contributed by atoms with Gasteiger partial charge < -0.3 is 16.0 Å². The second-order valence-electron chi connectivity index (χ2n) is 6.95. The average Bonchev–Trinajstić information content (AvgIpc) is 2.67. The van der Waals surface area contributed by atoms with Gasteiger partial charge in [0.05, 0.1) is 6.54 Å². The molecule has 3 N–H and O–H groups in total. The Morgan fingerprint density at radius 2 is 1.54 bits per heavy atom. The van der Waals surface area contributed by atoms with E-state index in [1.165, 1.54) is 19.3 Å². The first-order valence-electron chi connectivity index (χ1n) is 9.40. The van der Waals surface area contributed by atoms with E-state index in [-0.39, 0.29) is 24.4 Å². The molecule has 1 saturated carbocycles. The summed E-state index contributed by atoms with van der Waals surface area (Å²) in [5.41, 5.74) is 1.92. The van der Waals surface area contributed by atoms with Gasteiger partial charge in [-0.2, -0.15) is 0 Å². The predicted octanol–water partition coefficient (Wildman–Crippen LogP) is 5.11. The Hall–Kier alpha value is -2.24. The van der Waals surface area contributed by atoms with Crippen LogP contribution in [0.3, 0.4) is 0 Å². The minimum atomic E-state index is -0.225. The van der Waals surface area contributed by atoms with Crippen LogP contribution in [0, 0.1) is 0 Å². The summed E-state index contributed by atoms with van der Waals surface area (Å²) >= 11 is 11.8. The van der Waals surface area contributed by atoms with Gasteiger partial charge >= 0.3 is 0 Å². The largest absolute Gasteiger partial charge is 0.376 e. The number of hydrogen-bond acceptors (Lipinski definition) is 3. The smallest absolute Gasteiger partial charge is 0.251 e. The molecule has 28 heavy (non-hydrogen) atoms. The molecule has 7 heteroatoms. The first kappa shape index (κ1) is 20.5. The normalized spacial score (nSPS) is 14.4. The lowest BCUT2D eigenvalue weighted by molar-refractivity contribution is -0.114. The van der Waals surface area contributed by atoms with Crippen molar-refractivity contribution in [3.05, 3.63) is 58.1 Å². The third-order valence-electron chi connectivity index (χ3n) is 4.69. The Morgan fingerprint density at radius 3 is 2.18 bits per heavy atom. The number of carbonyl (C=O) groups excluding carboxylic acids is 2. The molecule has 1 aliphatic rings. The number of benzene rings is 2. The van der Waals surface area contributed by atoms with Gasteiger partial charge in [0.25, 0.3) is 5.91 Å². The van der Waals surface area contributed by atoms with E-state index in [1.54, 1.807) is 42.5 Å². The van der Waals surface area contributed by atoms with Crippen LogP contribution in [-0.2, 0) is 4.79 Å². The summed E-state index contributed by atoms with van der Waals surface area (Å²) in [7, 11) is 0. The van der Waals surface area contributed by atoms with E-state index < -0.39 is 0 Å². The second-order valence-corrected chi connectivity index (χ2v) is 7.82. The van der Waals surface area contributed by atoms with Crippen LogP contribution < -0.4 is 16.0 Å². The molecular weight excluding hydrogens is 397 g/mol. The maximum atomic E-state index is 12.3. The molecule has 2 aromatic carbocycles. The van der Waals surface area contributed by atoms with Crippen molar-refractivity contribution in [2.24, 2.45) is 0 Å². The standard InChI is InChI=1S/C21H23Cl2N3O2/c22-15-10-16(23)12-19(11-15)25-20(27)13-24-17-8-6-14(7-9-17)21(28)26-18-4-2-1-3-5-18/h6-12,18,24H,1-5,13H2,(H,25,27)(H,26,28). The van der Waals surface area contributed by atoms with Crippen molar-refractivity contribution in [3.8, 4) is 0 Å². The third kappa shape index (κ3) is 6.14. The maximum absolute atomic E-state index is 12.3. The molecule has 0 atom stereocenters. The first-order valence-corrected chi connectivity index (χ1v) is 10.2. The van der Waals surface area contributed by atoms with Crippen molar-refractivity contribution in [3.63, 3.8) is 0 Å². The minimum absolute atomic E-state index is 0.0472. The predicted molar refractivity (Wildman–Crippen MR) is 114 cm³/mol. The topological polar surface area (TPSA) is 70.2 Å². The van der Waals surface area contributed by atoms with Crippen LogP contribution in [0.5, 0.6) is 0 Å². The Bertz CT molecular complexity index is 814. The van der Waals surface area contributed by atoms with Crippen LogP contribution in [0.25, 0.3) is 0 Å². The molecule has 5 nitrogen and oxygen atoms in total. The zero-order valence-corrected chi connectivity index (χ0v) is 16.9. The Balaban J connectivity index is 1.48. The number of rotatable bonds is 6. The summed E-state index contributed by atoms with van der Waals surface area (Å²) < 4.78 is 0. The fourth-order valence-electron chi connectivity index (χ4n) is 3.27. The van der Waals surface area contributed by atoms with Crippen LogP contribution in [0.1, 0.15) is 42.5 Å². The summed E-state index contributed by atoms with van der Waals surface area (Å²) in [5, 5.41) is 9.78. The molecular formula is C21H23Cl2N3O2. The van der Waals surface area contributed by atoms with Crippen molar-refractivity contribution in [1.82, 2.24) is 5.32 Å². The molecule has 1 fully saturated rings. The minimum Gasteiger partial charge on any atom is -0.376 e. The zero-order chi connectivity index (χ0) is 19.9. The summed E-state index contributed by atoms with van der Waals surface area (Å²) in [4.78, 5) is 24.4. The van der Waals surface area contributed by atoms with E-state index in [0.29, 0.717) is 21.3 Å². The maximum Gasteiger partial charge on any atom is 0.251 e. The van der Waals surface area contributed by atoms with Gasteiger partial charge in [-0.25, -0.2) is 0 Å². The first-order chi connectivity index (χ1) is 13.5. The molecule has 0 heterocycles. The number of hydrogen-bond donors (Lipinski definition) is 3. The Morgan fingerprint density at radius 1 is 0.893 bits per heavy atom. The van der Waals surface area contributed by atoms with Crippen LogP contribution in [0.4, 0.5) is 11.4 Å². The molecule has 0 spiro atoms. The lowest BCUT2D eigenvalue weighted by Crippen LogP contribution is -2.36. The molecule has 3 rings (SSSR count). The fraction of sp³-hybridized carbons (Fsp3) is 0.333. The highest BCUT2D eigenvalue weighted by Crippen LogP contribution is 2.22. The van der Waals surface area contributed by atoms with Gasteiger partial charge in [-0.15, -0.1) is 0 Å². The molecule has 0 saturated heterocycles. The van der Waals surface area contributed by atoms with Gasteiger partial charge in [0.1, 0.15) is 0 Å². The summed E-state index contributed by atoms with van der Waals surface area (Å²) in [5.74, 6) is -0.272. The van der Waals surface area contributed by atoms with Crippen LogP contribution in [-0.4, -0.2) is 24.4 Å². The van der Waals surface area contributed by atoms with Gasteiger partial charge in [-0.1, -0.05) is 42.5 Å². The van der Waals surface area contributed by atoms with E-state index in [9.17, 15) is 9.59 Å². The van der Waals surface area contributed by atoms with Crippen molar-refractivity contribution in [1.29, 1.82) is 0 Å². The quantitative estimate of drug-likeness (QED) is 0.609. The van der Waals surface area contributed by atoms with E-state index in [1.807, 2.05) is 0 Å². The average molecular weight is 420 g/mol. The van der Waals surface area contributed by atoms with Gasteiger partial charge in [0, 0.05) is 33.0 Å². The van der Waals surface area contributed by atoms with Crippen LogP contribution in [0.15, 0.2) is 42.5 Å². The van der Waals surface area contributed by atoms with E-state index >= 15 is 0 Å². The van der Waals surface area contributed by atoms with Gasteiger partial charge in [0.15, 0.2) is 0 Å². The molecule has 148 valence electrons. The SMILES string of the molecule is O=C(CNc1ccc(C(=O)NC2CCCCC2)cc1)Nc1cc(Cl)cc(Cl)c1. The number of anilines is 2. The number of halogens is 2. The Labute approximate surface area is 174 Å². The highest BCUT2D eigenvalue weighted by atomic mass is 35.5. The lowest BCUT2D eigenvalue weighted by Gasteiger charge is -2.22. The molecule has 0 aliphatic heterocycles. The molecule has 2 aromatic rings. The summed E-state index contributed by atoms with van der Waals surface area (Å²) in [6, 6.07) is 12.2. The molecule has 0 aromatic heterocycles. The zero-order valence-electron chi connectivity index (χ0n) is 15.4. The van der Waals surface area contributed by atoms with Crippen molar-refractivity contribution >= 4 is 46.4 Å². The highest BCUT2D eigenvalue weighted by molar-refractivity contribution is 6.35. The second kappa shape index (κ2) is 9.80. The van der Waals surface area contributed by atoms with E-state index in [4.69, 9.17) is 23.2 Å². The third-order valence-corrected chi connectivity index (χ3v) is 5.12. The Kier molecular flexibility index (Phi) is 7.18. The molecule has 0 bridgehead atoms. The van der Waals surface area contributed by atoms with Crippen molar-refractivity contribution in [2.75, 3.05) is 17.2 Å². The van der Waals surface area contributed by atoms with Crippen LogP contribution >= 0.6 is 23.2 Å². The molecule has 0 unspecified atom stereocenters. The monoisotopic (exact) mass is 419 g/mol. The van der Waals surface area contributed by atoms with Gasteiger partial charge in [-0.3, -0.25) is 9.59 Å². The van der Waals surface area contributed by atoms with E-state index in [0.717, 1.165) is 18.5 Å². The summed E-state index contributed by atoms with van der Waals surface area (Å²) in [6.07, 6.45) is 5.72. The lowest BCUT2D eigenvalue weighted by atomic mass is 9.95. The van der Waals surface area contributed by atoms with Gasteiger partial charge in [0.2, 0.25) is 5.91 Å². The molecule has 2 amide bonds. The number of amides is 2. The fourth-order valence-corrected chi connectivity index (χ4v) is 3.79. The van der Waals surface area contributed by atoms with E-state index in [2.05, 4.69) is 16.0 Å². The highest BCUT2D eigenvalue weighted by Gasteiger charge is 2.16. The molecule has 1 aliphatic carbocycles. The van der Waals surface area contributed by atoms with Crippen molar-refractivity contribution in [2.45, 2.75) is 38.1 Å².